The van der Waals surface area contributed by atoms with E-state index in [1.54, 1.807) is 24.3 Å². The third-order valence-electron chi connectivity index (χ3n) is 5.63. The van der Waals surface area contributed by atoms with E-state index in [2.05, 4.69) is 5.32 Å². The van der Waals surface area contributed by atoms with Gasteiger partial charge in [0.2, 0.25) is 11.8 Å². The van der Waals surface area contributed by atoms with Gasteiger partial charge < -0.3 is 10.2 Å². The van der Waals surface area contributed by atoms with E-state index in [4.69, 9.17) is 34.8 Å². The lowest BCUT2D eigenvalue weighted by molar-refractivity contribution is -0.139. The van der Waals surface area contributed by atoms with Crippen LogP contribution >= 0.6 is 46.6 Å². The van der Waals surface area contributed by atoms with Crippen LogP contribution in [0.2, 0.25) is 15.1 Å². The summed E-state index contributed by atoms with van der Waals surface area (Å²) in [6, 6.07) is 18.1. The molecule has 1 atom stereocenters. The van der Waals surface area contributed by atoms with E-state index in [9.17, 15) is 14.0 Å². The first-order valence-electron chi connectivity index (χ1n) is 11.7. The van der Waals surface area contributed by atoms with Gasteiger partial charge in [-0.2, -0.15) is 0 Å². The maximum atomic E-state index is 14.2. The second-order valence-corrected chi connectivity index (χ2v) is 11.0. The minimum absolute atomic E-state index is 0.00693. The highest BCUT2D eigenvalue weighted by atomic mass is 35.5. The highest BCUT2D eigenvalue weighted by Gasteiger charge is 2.31. The van der Waals surface area contributed by atoms with Crippen molar-refractivity contribution in [2.45, 2.75) is 44.6 Å². The van der Waals surface area contributed by atoms with Gasteiger partial charge >= 0.3 is 0 Å². The summed E-state index contributed by atoms with van der Waals surface area (Å²) < 4.78 is 14.2. The SMILES string of the molecule is CC(C)NC(=O)C(Cc1ccccc1)N(Cc1c(Cl)cccc1Cl)C(=O)CSCc1c(F)cccc1Cl. The average molecular weight is 582 g/mol. The monoisotopic (exact) mass is 580 g/mol. The number of hydrogen-bond donors (Lipinski definition) is 1. The molecular formula is C28H28Cl3FN2O2S. The molecule has 1 N–H and O–H groups in total. The van der Waals surface area contributed by atoms with Crippen LogP contribution in [0.3, 0.4) is 0 Å². The largest absolute Gasteiger partial charge is 0.352 e. The maximum Gasteiger partial charge on any atom is 0.243 e. The first kappa shape index (κ1) is 29.3. The minimum Gasteiger partial charge on any atom is -0.352 e. The van der Waals surface area contributed by atoms with E-state index < -0.39 is 11.9 Å². The molecule has 0 fully saturated rings. The normalized spacial score (nSPS) is 11.9. The molecule has 4 nitrogen and oxygen atoms in total. The molecule has 0 radical (unpaired) electrons. The molecule has 196 valence electrons. The summed E-state index contributed by atoms with van der Waals surface area (Å²) in [5.41, 5.74) is 1.79. The molecule has 0 saturated heterocycles. The third kappa shape index (κ3) is 8.37. The van der Waals surface area contributed by atoms with Gasteiger partial charge in [-0.3, -0.25) is 9.59 Å². The zero-order valence-corrected chi connectivity index (χ0v) is 23.6. The van der Waals surface area contributed by atoms with Crippen LogP contribution in [0.15, 0.2) is 66.7 Å². The lowest BCUT2D eigenvalue weighted by Crippen LogP contribution is -2.52. The molecule has 0 bridgehead atoms. The van der Waals surface area contributed by atoms with Gasteiger partial charge in [0.1, 0.15) is 11.9 Å². The van der Waals surface area contributed by atoms with Crippen LogP contribution in [-0.2, 0) is 28.3 Å². The number of nitrogens with one attached hydrogen (secondary N) is 1. The number of amides is 2. The van der Waals surface area contributed by atoms with Gasteiger partial charge in [0.05, 0.1) is 5.75 Å². The molecular weight excluding hydrogens is 554 g/mol. The number of rotatable bonds is 11. The topological polar surface area (TPSA) is 49.4 Å². The Kier molecular flexibility index (Phi) is 11.1. The van der Waals surface area contributed by atoms with Crippen molar-refractivity contribution < 1.29 is 14.0 Å². The van der Waals surface area contributed by atoms with Crippen LogP contribution in [0.5, 0.6) is 0 Å². The summed E-state index contributed by atoms with van der Waals surface area (Å²) in [5.74, 6) is -0.789. The Morgan fingerprint density at radius 3 is 2.08 bits per heavy atom. The van der Waals surface area contributed by atoms with E-state index >= 15 is 0 Å². The summed E-state index contributed by atoms with van der Waals surface area (Å²) in [5, 5.41) is 4.04. The van der Waals surface area contributed by atoms with Crippen LogP contribution in [0.1, 0.15) is 30.5 Å². The van der Waals surface area contributed by atoms with E-state index in [1.165, 1.54) is 28.8 Å². The number of hydrogen-bond acceptors (Lipinski definition) is 3. The molecule has 2 amide bonds. The van der Waals surface area contributed by atoms with Crippen molar-refractivity contribution >= 4 is 58.4 Å². The van der Waals surface area contributed by atoms with Gasteiger partial charge in [0.25, 0.3) is 0 Å². The van der Waals surface area contributed by atoms with Gasteiger partial charge in [-0.05, 0) is 43.7 Å². The van der Waals surface area contributed by atoms with E-state index in [0.717, 1.165) is 5.56 Å². The highest BCUT2D eigenvalue weighted by molar-refractivity contribution is 7.99. The number of carbonyl (C=O) groups is 2. The van der Waals surface area contributed by atoms with Gasteiger partial charge in [-0.15, -0.1) is 11.8 Å². The Hall–Kier alpha value is -2.25. The zero-order valence-electron chi connectivity index (χ0n) is 20.5. The first-order valence-corrected chi connectivity index (χ1v) is 14.0. The molecule has 0 aliphatic carbocycles. The Morgan fingerprint density at radius 2 is 1.49 bits per heavy atom. The van der Waals surface area contributed by atoms with Crippen LogP contribution < -0.4 is 5.32 Å². The molecule has 0 heterocycles. The average Bonchev–Trinajstić information content (AvgIpc) is 2.84. The van der Waals surface area contributed by atoms with E-state index in [0.29, 0.717) is 32.6 Å². The number of halogens is 4. The van der Waals surface area contributed by atoms with Crippen molar-refractivity contribution in [3.8, 4) is 0 Å². The predicted octanol–water partition coefficient (Wildman–Crippen LogP) is 7.18. The molecule has 0 spiro atoms. The molecule has 3 rings (SSSR count). The quantitative estimate of drug-likeness (QED) is 0.261. The summed E-state index contributed by atoms with van der Waals surface area (Å²) in [6.45, 7) is 3.77. The molecule has 0 saturated carbocycles. The van der Waals surface area contributed by atoms with Crippen LogP contribution in [-0.4, -0.2) is 34.6 Å². The number of thioether (sulfide) groups is 1. The molecule has 37 heavy (non-hydrogen) atoms. The molecule has 3 aromatic carbocycles. The van der Waals surface area contributed by atoms with Crippen molar-refractivity contribution in [3.63, 3.8) is 0 Å². The molecule has 3 aromatic rings. The minimum atomic E-state index is -0.817. The lowest BCUT2D eigenvalue weighted by Gasteiger charge is -2.32. The number of carbonyl (C=O) groups excluding carboxylic acids is 2. The van der Waals surface area contributed by atoms with Gasteiger partial charge in [0, 0.05) is 51.0 Å². The highest BCUT2D eigenvalue weighted by Crippen LogP contribution is 2.29. The Bertz CT molecular complexity index is 1190. The van der Waals surface area contributed by atoms with Crippen LogP contribution in [0, 0.1) is 5.82 Å². The predicted molar refractivity (Wildman–Crippen MR) is 152 cm³/mol. The Labute approximate surface area is 236 Å². The molecule has 0 aliphatic rings. The zero-order chi connectivity index (χ0) is 26.9. The lowest BCUT2D eigenvalue weighted by atomic mass is 10.0. The number of benzene rings is 3. The summed E-state index contributed by atoms with van der Waals surface area (Å²) in [4.78, 5) is 28.6. The second-order valence-electron chi connectivity index (χ2n) is 8.78. The Balaban J connectivity index is 1.91. The Morgan fingerprint density at radius 1 is 0.892 bits per heavy atom. The van der Waals surface area contributed by atoms with Gasteiger partial charge in [-0.25, -0.2) is 4.39 Å². The van der Waals surface area contributed by atoms with Crippen molar-refractivity contribution in [2.75, 3.05) is 5.75 Å². The van der Waals surface area contributed by atoms with Crippen LogP contribution in [0.25, 0.3) is 0 Å². The van der Waals surface area contributed by atoms with Crippen molar-refractivity contribution in [1.82, 2.24) is 10.2 Å². The fourth-order valence-electron chi connectivity index (χ4n) is 3.78. The summed E-state index contributed by atoms with van der Waals surface area (Å²) in [7, 11) is 0. The first-order chi connectivity index (χ1) is 17.7. The van der Waals surface area contributed by atoms with E-state index in [-0.39, 0.29) is 35.9 Å². The molecule has 0 aliphatic heterocycles. The smallest absolute Gasteiger partial charge is 0.243 e. The third-order valence-corrected chi connectivity index (χ3v) is 7.63. The molecule has 0 aromatic heterocycles. The maximum absolute atomic E-state index is 14.2. The summed E-state index contributed by atoms with van der Waals surface area (Å²) in [6.07, 6.45) is 0.303. The van der Waals surface area contributed by atoms with Crippen LogP contribution in [0.4, 0.5) is 4.39 Å². The van der Waals surface area contributed by atoms with E-state index in [1.807, 2.05) is 44.2 Å². The second kappa shape index (κ2) is 14.1. The fourth-order valence-corrected chi connectivity index (χ4v) is 5.55. The fraction of sp³-hybridized carbons (Fsp3) is 0.286. The van der Waals surface area contributed by atoms with Crippen molar-refractivity contribution in [1.29, 1.82) is 0 Å². The number of nitrogens with zero attached hydrogens (tertiary/aromatic N) is 1. The molecule has 9 heteroatoms. The van der Waals surface area contributed by atoms with Crippen molar-refractivity contribution in [2.24, 2.45) is 0 Å². The van der Waals surface area contributed by atoms with Gasteiger partial charge in [0.15, 0.2) is 0 Å². The molecule has 1 unspecified atom stereocenters. The standard InChI is InChI=1S/C28H28Cl3FN2O2S/c1-18(2)33-28(36)26(14-19-8-4-3-5-9-19)34(15-20-22(29)10-6-11-23(20)30)27(35)17-37-16-21-24(31)12-7-13-25(21)32/h3-13,18,26H,14-17H2,1-2H3,(H,33,36). The van der Waals surface area contributed by atoms with Gasteiger partial charge in [-0.1, -0.05) is 77.3 Å². The summed E-state index contributed by atoms with van der Waals surface area (Å²) >= 11 is 20.3. The van der Waals surface area contributed by atoms with Crippen molar-refractivity contribution in [3.05, 3.63) is 104 Å².